The zero-order valence-electron chi connectivity index (χ0n) is 15.6. The Morgan fingerprint density at radius 2 is 0.955 bits per heavy atom. The maximum Gasteiger partial charge on any atom is 0.0643 e. The molecule has 0 aliphatic rings. The summed E-state index contributed by atoms with van der Waals surface area (Å²) in [6.07, 6.45) is 27.2. The van der Waals surface area contributed by atoms with E-state index < -0.39 is 0 Å². The molecule has 0 radical (unpaired) electrons. The first-order valence-electron chi connectivity index (χ1n) is 10.1. The normalized spacial score (nSPS) is 11.5. The maximum absolute atomic E-state index is 4.98. The molecule has 0 saturated heterocycles. The van der Waals surface area contributed by atoms with E-state index in [0.717, 1.165) is 6.61 Å². The Kier molecular flexibility index (Phi) is 20.4. The van der Waals surface area contributed by atoms with Crippen molar-refractivity contribution in [3.05, 3.63) is 12.2 Å². The molecule has 1 nitrogen and oxygen atoms in total. The molecule has 0 aromatic carbocycles. The molecule has 0 heterocycles. The van der Waals surface area contributed by atoms with Crippen molar-refractivity contribution in [2.24, 2.45) is 0 Å². The van der Waals surface area contributed by atoms with Gasteiger partial charge in [0.1, 0.15) is 0 Å². The first-order valence-corrected chi connectivity index (χ1v) is 10.1. The Morgan fingerprint density at radius 3 is 1.36 bits per heavy atom. The average Bonchev–Trinajstić information content (AvgIpc) is 2.54. The lowest BCUT2D eigenvalue weighted by Crippen LogP contribution is -1.83. The van der Waals surface area contributed by atoms with Crippen LogP contribution in [0.3, 0.4) is 0 Å². The van der Waals surface area contributed by atoms with Crippen LogP contribution in [0.4, 0.5) is 0 Å². The lowest BCUT2D eigenvalue weighted by molar-refractivity contribution is 0.233. The van der Waals surface area contributed by atoms with E-state index in [9.17, 15) is 0 Å². The average molecular weight is 311 g/mol. The maximum atomic E-state index is 4.98. The highest BCUT2D eigenvalue weighted by Gasteiger charge is 1.94. The summed E-state index contributed by atoms with van der Waals surface area (Å²) in [7, 11) is 1.75. The molecule has 1 heteroatoms. The summed E-state index contributed by atoms with van der Waals surface area (Å²) in [6, 6.07) is 0. The standard InChI is InChI=1S/C21H42O/c1-3-4-5-6-7-8-9-10-11-12-13-14-15-16-17-18-19-20-21-22-2/h19-20H,3-18,21H2,1-2H3/b20-19+. The molecule has 132 valence electrons. The largest absolute Gasteiger partial charge is 0.381 e. The summed E-state index contributed by atoms with van der Waals surface area (Å²) in [5, 5.41) is 0. The summed E-state index contributed by atoms with van der Waals surface area (Å²) < 4.78 is 4.98. The van der Waals surface area contributed by atoms with Gasteiger partial charge >= 0.3 is 0 Å². The topological polar surface area (TPSA) is 9.23 Å². The van der Waals surface area contributed by atoms with Crippen molar-refractivity contribution in [2.45, 2.75) is 110 Å². The fraction of sp³-hybridized carbons (Fsp3) is 0.905. The second-order valence-corrected chi connectivity index (χ2v) is 6.67. The Balaban J connectivity index is 2.97. The van der Waals surface area contributed by atoms with Crippen molar-refractivity contribution in [3.63, 3.8) is 0 Å². The van der Waals surface area contributed by atoms with Crippen molar-refractivity contribution in [1.82, 2.24) is 0 Å². The van der Waals surface area contributed by atoms with Gasteiger partial charge in [0, 0.05) is 7.11 Å². The summed E-state index contributed by atoms with van der Waals surface area (Å²) in [5.41, 5.74) is 0. The van der Waals surface area contributed by atoms with Crippen LogP contribution in [-0.2, 0) is 4.74 Å². The third-order valence-corrected chi connectivity index (χ3v) is 4.40. The third-order valence-electron chi connectivity index (χ3n) is 4.40. The number of ether oxygens (including phenoxy) is 1. The number of allylic oxidation sites excluding steroid dienone is 1. The highest BCUT2D eigenvalue weighted by molar-refractivity contribution is 4.80. The number of unbranched alkanes of at least 4 members (excludes halogenated alkanes) is 15. The van der Waals surface area contributed by atoms with Gasteiger partial charge in [-0.2, -0.15) is 0 Å². The van der Waals surface area contributed by atoms with Crippen molar-refractivity contribution in [1.29, 1.82) is 0 Å². The minimum Gasteiger partial charge on any atom is -0.381 e. The molecule has 0 rings (SSSR count). The number of hydrogen-bond acceptors (Lipinski definition) is 1. The van der Waals surface area contributed by atoms with Crippen LogP contribution in [0.15, 0.2) is 12.2 Å². The lowest BCUT2D eigenvalue weighted by atomic mass is 10.0. The van der Waals surface area contributed by atoms with Gasteiger partial charge in [-0.15, -0.1) is 0 Å². The Hall–Kier alpha value is -0.300. The molecule has 0 aromatic heterocycles. The molecule has 0 N–H and O–H groups in total. The van der Waals surface area contributed by atoms with E-state index >= 15 is 0 Å². The molecular weight excluding hydrogens is 268 g/mol. The van der Waals surface area contributed by atoms with Crippen LogP contribution < -0.4 is 0 Å². The van der Waals surface area contributed by atoms with Crippen molar-refractivity contribution in [3.8, 4) is 0 Å². The van der Waals surface area contributed by atoms with Crippen LogP contribution in [0.5, 0.6) is 0 Å². The minimum absolute atomic E-state index is 0.763. The van der Waals surface area contributed by atoms with Crippen LogP contribution in [0.2, 0.25) is 0 Å². The fourth-order valence-electron chi connectivity index (χ4n) is 2.92. The molecule has 0 aliphatic heterocycles. The van der Waals surface area contributed by atoms with Gasteiger partial charge in [0.05, 0.1) is 6.61 Å². The smallest absolute Gasteiger partial charge is 0.0643 e. The highest BCUT2D eigenvalue weighted by atomic mass is 16.5. The molecule has 0 aromatic rings. The minimum atomic E-state index is 0.763. The van der Waals surface area contributed by atoms with Gasteiger partial charge in [-0.3, -0.25) is 0 Å². The first-order chi connectivity index (χ1) is 10.9. The van der Waals surface area contributed by atoms with E-state index in [0.29, 0.717) is 0 Å². The quantitative estimate of drug-likeness (QED) is 0.189. The Morgan fingerprint density at radius 1 is 0.545 bits per heavy atom. The van der Waals surface area contributed by atoms with Crippen LogP contribution in [-0.4, -0.2) is 13.7 Å². The van der Waals surface area contributed by atoms with Crippen LogP contribution in [0, 0.1) is 0 Å². The van der Waals surface area contributed by atoms with Gasteiger partial charge < -0.3 is 4.74 Å². The van der Waals surface area contributed by atoms with Crippen LogP contribution >= 0.6 is 0 Å². The number of hydrogen-bond donors (Lipinski definition) is 0. The van der Waals surface area contributed by atoms with E-state index in [2.05, 4.69) is 19.1 Å². The summed E-state index contributed by atoms with van der Waals surface area (Å²) >= 11 is 0. The van der Waals surface area contributed by atoms with E-state index in [1.165, 1.54) is 103 Å². The van der Waals surface area contributed by atoms with Gasteiger partial charge in [0.2, 0.25) is 0 Å². The monoisotopic (exact) mass is 310 g/mol. The number of rotatable bonds is 18. The van der Waals surface area contributed by atoms with Gasteiger partial charge in [-0.25, -0.2) is 0 Å². The van der Waals surface area contributed by atoms with Crippen molar-refractivity contribution < 1.29 is 4.74 Å². The molecule has 22 heavy (non-hydrogen) atoms. The molecule has 0 fully saturated rings. The molecular formula is C21H42O. The highest BCUT2D eigenvalue weighted by Crippen LogP contribution is 2.13. The van der Waals surface area contributed by atoms with Crippen molar-refractivity contribution in [2.75, 3.05) is 13.7 Å². The van der Waals surface area contributed by atoms with Crippen molar-refractivity contribution >= 4 is 0 Å². The lowest BCUT2D eigenvalue weighted by Gasteiger charge is -2.03. The Bertz CT molecular complexity index is 210. The summed E-state index contributed by atoms with van der Waals surface area (Å²) in [6.45, 7) is 3.05. The van der Waals surface area contributed by atoms with Gasteiger partial charge in [-0.05, 0) is 12.8 Å². The zero-order chi connectivity index (χ0) is 16.1. The number of methoxy groups -OCH3 is 1. The second-order valence-electron chi connectivity index (χ2n) is 6.67. The van der Waals surface area contributed by atoms with E-state index in [-0.39, 0.29) is 0 Å². The third kappa shape index (κ3) is 19.7. The molecule has 0 amide bonds. The first kappa shape index (κ1) is 21.7. The van der Waals surface area contributed by atoms with Gasteiger partial charge in [-0.1, -0.05) is 109 Å². The molecule has 0 saturated carbocycles. The Labute approximate surface area is 140 Å². The molecule has 0 spiro atoms. The van der Waals surface area contributed by atoms with Gasteiger partial charge in [0.25, 0.3) is 0 Å². The molecule has 0 atom stereocenters. The molecule has 0 aliphatic carbocycles. The predicted molar refractivity (Wildman–Crippen MR) is 101 cm³/mol. The zero-order valence-corrected chi connectivity index (χ0v) is 15.6. The van der Waals surface area contributed by atoms with Crippen LogP contribution in [0.25, 0.3) is 0 Å². The van der Waals surface area contributed by atoms with Crippen LogP contribution in [0.1, 0.15) is 110 Å². The van der Waals surface area contributed by atoms with E-state index in [1.54, 1.807) is 7.11 Å². The summed E-state index contributed by atoms with van der Waals surface area (Å²) in [4.78, 5) is 0. The molecule has 0 unspecified atom stereocenters. The fourth-order valence-corrected chi connectivity index (χ4v) is 2.92. The molecule has 0 bridgehead atoms. The SMILES string of the molecule is CCCCCCCCCCCCCCCCC/C=C/COC. The second kappa shape index (κ2) is 20.7. The summed E-state index contributed by atoms with van der Waals surface area (Å²) in [5.74, 6) is 0. The van der Waals surface area contributed by atoms with Gasteiger partial charge in [0.15, 0.2) is 0 Å². The van der Waals surface area contributed by atoms with E-state index in [1.807, 2.05) is 0 Å². The predicted octanol–water partition coefficient (Wildman–Crippen LogP) is 7.45. The van der Waals surface area contributed by atoms with E-state index in [4.69, 9.17) is 4.74 Å².